The lowest BCUT2D eigenvalue weighted by Gasteiger charge is -2.40. The molecular weight excluding hydrogens is 864 g/mol. The summed E-state index contributed by atoms with van der Waals surface area (Å²) in [5, 5.41) is 12.0. The molecule has 0 atom stereocenters. The van der Waals surface area contributed by atoms with E-state index in [0.717, 1.165) is 0 Å². The molecule has 0 aromatic heterocycles. The van der Waals surface area contributed by atoms with E-state index in [2.05, 4.69) is 250 Å². The van der Waals surface area contributed by atoms with Gasteiger partial charge in [0.2, 0.25) is 0 Å². The van der Waals surface area contributed by atoms with Gasteiger partial charge in [-0.25, -0.2) is 0 Å². The highest BCUT2D eigenvalue weighted by atomic mass is 31.1. The zero-order chi connectivity index (χ0) is 43.7. The van der Waals surface area contributed by atoms with Crippen LogP contribution in [0.3, 0.4) is 0 Å². The van der Waals surface area contributed by atoms with Crippen LogP contribution in [0.25, 0.3) is 0 Å². The van der Waals surface area contributed by atoms with Crippen LogP contribution in [0.1, 0.15) is 19.8 Å². The average Bonchev–Trinajstić information content (AvgIpc) is 3.37. The van der Waals surface area contributed by atoms with Gasteiger partial charge in [-0.15, -0.1) is 7.92 Å². The molecule has 5 heteroatoms. The second-order valence-corrected chi connectivity index (χ2v) is 28.6. The van der Waals surface area contributed by atoms with E-state index < -0.39 is 31.7 Å². The molecule has 0 bridgehead atoms. The summed E-state index contributed by atoms with van der Waals surface area (Å²) in [5.41, 5.74) is 0.119. The van der Waals surface area contributed by atoms with Gasteiger partial charge in [0.25, 0.3) is 0 Å². The molecule has 0 spiro atoms. The molecule has 0 heterocycles. The van der Waals surface area contributed by atoms with Crippen molar-refractivity contribution in [1.82, 2.24) is 0 Å². The summed E-state index contributed by atoms with van der Waals surface area (Å²) in [6, 6.07) is 91.6. The Morgan fingerprint density at radius 2 is 0.453 bits per heavy atom. The Labute approximate surface area is 390 Å². The van der Waals surface area contributed by atoms with Crippen molar-refractivity contribution in [3.63, 3.8) is 0 Å². The molecule has 64 heavy (non-hydrogen) atoms. The summed E-state index contributed by atoms with van der Waals surface area (Å²) >= 11 is 0. The third kappa shape index (κ3) is 13.3. The van der Waals surface area contributed by atoms with Gasteiger partial charge in [0.1, 0.15) is 0 Å². The summed E-state index contributed by atoms with van der Waals surface area (Å²) in [6.45, 7) is 2.71. The Kier molecular flexibility index (Phi) is 17.7. The number of rotatable bonds is 22. The van der Waals surface area contributed by atoms with Crippen molar-refractivity contribution >= 4 is 82.0 Å². The van der Waals surface area contributed by atoms with Crippen LogP contribution in [0.15, 0.2) is 243 Å². The van der Waals surface area contributed by atoms with Crippen molar-refractivity contribution in [1.29, 1.82) is 0 Å². The lowest BCUT2D eigenvalue weighted by Crippen LogP contribution is -2.35. The van der Waals surface area contributed by atoms with Gasteiger partial charge in [0, 0.05) is 0 Å². The molecule has 0 saturated heterocycles. The van der Waals surface area contributed by atoms with Gasteiger partial charge in [0.05, 0.1) is 0 Å². The minimum atomic E-state index is -0.578. The maximum Gasteiger partial charge on any atom is -0.0184 e. The molecule has 0 unspecified atom stereocenters. The molecule has 0 N–H and O–H groups in total. The SMILES string of the molecule is CC(CP(CCCP(c1ccccc1)c1ccccc1)CCCP(c1ccccc1)c1ccccc1)(CP(c1ccccc1)c1ccccc1)CP(c1ccccc1)c1ccccc1. The first-order chi connectivity index (χ1) is 31.6. The number of hydrogen-bond acceptors (Lipinski definition) is 0. The first-order valence-corrected chi connectivity index (χ1v) is 30.9. The van der Waals surface area contributed by atoms with E-state index >= 15 is 0 Å². The van der Waals surface area contributed by atoms with Crippen LogP contribution in [0, 0.1) is 5.41 Å². The highest BCUT2D eigenvalue weighted by Crippen LogP contribution is 2.54. The van der Waals surface area contributed by atoms with Crippen molar-refractivity contribution in [3.8, 4) is 0 Å². The lowest BCUT2D eigenvalue weighted by molar-refractivity contribution is 0.495. The summed E-state index contributed by atoms with van der Waals surface area (Å²) < 4.78 is 0. The Morgan fingerprint density at radius 1 is 0.250 bits per heavy atom. The second kappa shape index (κ2) is 24.4. The third-order valence-electron chi connectivity index (χ3n) is 11.9. The number of benzene rings is 8. The predicted molar refractivity (Wildman–Crippen MR) is 295 cm³/mol. The Morgan fingerprint density at radius 3 is 0.672 bits per heavy atom. The Balaban J connectivity index is 1.15. The molecule has 0 saturated carbocycles. The van der Waals surface area contributed by atoms with Crippen LogP contribution in [-0.4, -0.2) is 43.1 Å². The van der Waals surface area contributed by atoms with Gasteiger partial charge >= 0.3 is 0 Å². The largest absolute Gasteiger partial charge is 0.106 e. The zero-order valence-corrected chi connectivity index (χ0v) is 41.7. The quantitative estimate of drug-likeness (QED) is 0.0594. The average molecular weight is 925 g/mol. The van der Waals surface area contributed by atoms with E-state index in [1.54, 1.807) is 0 Å². The minimum absolute atomic E-state index is 0.119. The molecule has 0 fully saturated rings. The fraction of sp³-hybridized carbons (Fsp3) is 0.186. The monoisotopic (exact) mass is 924 g/mol. The van der Waals surface area contributed by atoms with Crippen LogP contribution >= 0.6 is 39.6 Å². The van der Waals surface area contributed by atoms with Crippen molar-refractivity contribution in [2.45, 2.75) is 19.8 Å². The molecule has 0 radical (unpaired) electrons. The molecule has 8 rings (SSSR count). The number of hydrogen-bond donors (Lipinski definition) is 0. The van der Waals surface area contributed by atoms with Gasteiger partial charge in [-0.2, -0.15) is 0 Å². The summed E-state index contributed by atoms with van der Waals surface area (Å²) in [6.07, 6.45) is 11.3. The van der Waals surface area contributed by atoms with Gasteiger partial charge < -0.3 is 0 Å². The molecule has 0 aliphatic heterocycles. The lowest BCUT2D eigenvalue weighted by atomic mass is 9.99. The van der Waals surface area contributed by atoms with Gasteiger partial charge in [-0.1, -0.05) is 250 Å². The van der Waals surface area contributed by atoms with Gasteiger partial charge in [-0.05, 0) is 136 Å². The molecule has 322 valence electrons. The summed E-state index contributed by atoms with van der Waals surface area (Å²) in [7, 11) is -2.29. The standard InChI is InChI=1S/C59H61P5/c1-59(49-63(55-36-18-6-19-37-55)56-38-20-7-21-39-56,50-64(57-40-22-8-23-41-57)58-42-24-9-25-43-58)48-60(44-26-46-61(51-28-10-2-11-29-51)52-30-12-3-13-31-52)45-27-47-62(53-32-14-4-15-33-53)54-34-16-5-17-35-54/h2-25,28-43H,26-27,44-50H2,1H3. The fourth-order valence-corrected chi connectivity index (χ4v) is 23.2. The van der Waals surface area contributed by atoms with Crippen molar-refractivity contribution in [2.75, 3.05) is 43.1 Å². The van der Waals surface area contributed by atoms with Crippen LogP contribution in [0.2, 0.25) is 0 Å². The van der Waals surface area contributed by atoms with Crippen LogP contribution in [0.5, 0.6) is 0 Å². The van der Waals surface area contributed by atoms with Crippen molar-refractivity contribution in [2.24, 2.45) is 5.41 Å². The predicted octanol–water partition coefficient (Wildman–Crippen LogP) is 12.8. The van der Waals surface area contributed by atoms with E-state index in [1.165, 1.54) is 98.4 Å². The normalized spacial score (nSPS) is 11.8. The van der Waals surface area contributed by atoms with Crippen molar-refractivity contribution < 1.29 is 0 Å². The van der Waals surface area contributed by atoms with Crippen LogP contribution < -0.4 is 42.4 Å². The van der Waals surface area contributed by atoms with E-state index in [4.69, 9.17) is 0 Å². The summed E-state index contributed by atoms with van der Waals surface area (Å²) in [5.74, 6) is 0. The van der Waals surface area contributed by atoms with Crippen LogP contribution in [0.4, 0.5) is 0 Å². The highest BCUT2D eigenvalue weighted by Gasteiger charge is 2.36. The molecule has 0 aliphatic carbocycles. The van der Waals surface area contributed by atoms with Crippen molar-refractivity contribution in [3.05, 3.63) is 243 Å². The second-order valence-electron chi connectivity index (χ2n) is 17.0. The molecular formula is C59H61P5. The van der Waals surface area contributed by atoms with Crippen LogP contribution in [-0.2, 0) is 0 Å². The molecule has 0 aliphatic rings. The summed E-state index contributed by atoms with van der Waals surface area (Å²) in [4.78, 5) is 0. The maximum atomic E-state index is 2.71. The van der Waals surface area contributed by atoms with E-state index in [0.29, 0.717) is 0 Å². The molecule has 0 amide bonds. The van der Waals surface area contributed by atoms with E-state index in [9.17, 15) is 0 Å². The molecule has 0 nitrogen and oxygen atoms in total. The Bertz CT molecular complexity index is 2160. The Hall–Kier alpha value is -4.09. The van der Waals surface area contributed by atoms with Gasteiger partial charge in [-0.3, -0.25) is 0 Å². The fourth-order valence-electron chi connectivity index (χ4n) is 8.97. The zero-order valence-electron chi connectivity index (χ0n) is 37.2. The molecule has 8 aromatic carbocycles. The first-order valence-electron chi connectivity index (χ1n) is 22.8. The maximum absolute atomic E-state index is 2.71. The highest BCUT2D eigenvalue weighted by molar-refractivity contribution is 7.74. The van der Waals surface area contributed by atoms with E-state index in [-0.39, 0.29) is 13.3 Å². The smallest absolute Gasteiger partial charge is 0.0184 e. The first kappa shape index (κ1) is 46.4. The minimum Gasteiger partial charge on any atom is -0.106 e. The molecule has 8 aromatic rings. The van der Waals surface area contributed by atoms with E-state index in [1.807, 2.05) is 0 Å². The third-order valence-corrected chi connectivity index (χ3v) is 26.1. The topological polar surface area (TPSA) is 0 Å². The van der Waals surface area contributed by atoms with Gasteiger partial charge in [0.15, 0.2) is 0 Å².